The first-order chi connectivity index (χ1) is 16.7. The van der Waals surface area contributed by atoms with Crippen molar-refractivity contribution >= 4 is 58.2 Å². The Hall–Kier alpha value is -3.48. The van der Waals surface area contributed by atoms with Gasteiger partial charge in [-0.05, 0) is 55.2 Å². The first-order valence-electron chi connectivity index (χ1n) is 11.2. The summed E-state index contributed by atoms with van der Waals surface area (Å²) < 4.78 is 0. The molecule has 0 radical (unpaired) electrons. The number of carbonyl (C=O) groups is 4. The summed E-state index contributed by atoms with van der Waals surface area (Å²) in [5.74, 6) is -2.04. The number of hydrogen-bond acceptors (Lipinski definition) is 4. The molecule has 2 heterocycles. The lowest BCUT2D eigenvalue weighted by Crippen LogP contribution is -2.35. The van der Waals surface area contributed by atoms with E-state index in [9.17, 15) is 19.2 Å². The third kappa shape index (κ3) is 3.17. The van der Waals surface area contributed by atoms with Gasteiger partial charge in [0.25, 0.3) is 23.6 Å². The molecule has 3 aromatic carbocycles. The van der Waals surface area contributed by atoms with Crippen molar-refractivity contribution < 1.29 is 19.2 Å². The molecule has 6 nitrogen and oxygen atoms in total. The largest absolute Gasteiger partial charge is 0.268 e. The van der Waals surface area contributed by atoms with E-state index >= 15 is 0 Å². The molecule has 3 aromatic rings. The molecule has 8 heteroatoms. The van der Waals surface area contributed by atoms with Gasteiger partial charge in [-0.25, -0.2) is 9.80 Å². The average molecular weight is 507 g/mol. The van der Waals surface area contributed by atoms with Crippen LogP contribution in [0.15, 0.2) is 42.5 Å². The van der Waals surface area contributed by atoms with Gasteiger partial charge in [-0.3, -0.25) is 19.2 Å². The summed E-state index contributed by atoms with van der Waals surface area (Å²) >= 11 is 12.6. The monoisotopic (exact) mass is 506 g/mol. The molecule has 0 aliphatic carbocycles. The number of halogens is 2. The molecule has 5 rings (SSSR count). The number of hydrogen-bond donors (Lipinski definition) is 0. The molecule has 2 aliphatic rings. The number of aryl methyl sites for hydroxylation is 2. The second kappa shape index (κ2) is 8.33. The molecule has 0 spiro atoms. The van der Waals surface area contributed by atoms with Crippen LogP contribution >= 0.6 is 23.2 Å². The highest BCUT2D eigenvalue weighted by Gasteiger charge is 2.44. The van der Waals surface area contributed by atoms with Gasteiger partial charge in [0.1, 0.15) is 0 Å². The van der Waals surface area contributed by atoms with E-state index in [0.717, 1.165) is 15.4 Å². The van der Waals surface area contributed by atoms with Crippen LogP contribution < -0.4 is 9.80 Å². The number of amides is 4. The molecule has 0 saturated heterocycles. The summed E-state index contributed by atoms with van der Waals surface area (Å²) in [5, 5.41) is 0.390. The fourth-order valence-electron chi connectivity index (χ4n) is 5.03. The highest BCUT2D eigenvalue weighted by atomic mass is 35.5. The van der Waals surface area contributed by atoms with Crippen LogP contribution in [0.4, 0.5) is 11.4 Å². The molecule has 0 N–H and O–H groups in total. The fourth-order valence-corrected chi connectivity index (χ4v) is 5.54. The summed E-state index contributed by atoms with van der Waals surface area (Å²) in [7, 11) is 0. The molecule has 2 aliphatic heterocycles. The minimum absolute atomic E-state index is 0.147. The Morgan fingerprint density at radius 3 is 1.60 bits per heavy atom. The van der Waals surface area contributed by atoms with Crippen LogP contribution in [0.1, 0.15) is 72.0 Å². The first kappa shape index (κ1) is 23.3. The predicted molar refractivity (Wildman–Crippen MR) is 135 cm³/mol. The average Bonchev–Trinajstić information content (AvgIpc) is 3.24. The molecule has 4 amide bonds. The Balaban J connectivity index is 1.76. The second-order valence-corrected chi connectivity index (χ2v) is 9.27. The Morgan fingerprint density at radius 2 is 1.17 bits per heavy atom. The number of rotatable bonds is 4. The second-order valence-electron chi connectivity index (χ2n) is 8.45. The maximum absolute atomic E-state index is 13.5. The molecule has 0 unspecified atom stereocenters. The zero-order valence-corrected chi connectivity index (χ0v) is 20.8. The van der Waals surface area contributed by atoms with Crippen molar-refractivity contribution in [3.8, 4) is 0 Å². The van der Waals surface area contributed by atoms with E-state index in [4.69, 9.17) is 23.2 Å². The fraction of sp³-hybridized carbons (Fsp3) is 0.185. The van der Waals surface area contributed by atoms with E-state index in [0.29, 0.717) is 35.3 Å². The smallest absolute Gasteiger partial charge is 0.267 e. The van der Waals surface area contributed by atoms with E-state index in [-0.39, 0.29) is 32.3 Å². The van der Waals surface area contributed by atoms with Crippen LogP contribution in [0, 0.1) is 6.92 Å². The van der Waals surface area contributed by atoms with Gasteiger partial charge in [0.05, 0.1) is 43.7 Å². The Kier molecular flexibility index (Phi) is 5.54. The molecule has 0 atom stereocenters. The molecular formula is C27H20Cl2N2O4. The van der Waals surface area contributed by atoms with Crippen molar-refractivity contribution in [3.63, 3.8) is 0 Å². The predicted octanol–water partition coefficient (Wildman–Crippen LogP) is 6.03. The third-order valence-electron chi connectivity index (χ3n) is 6.55. The van der Waals surface area contributed by atoms with Gasteiger partial charge in [0.15, 0.2) is 0 Å². The lowest BCUT2D eigenvalue weighted by Gasteiger charge is -2.28. The van der Waals surface area contributed by atoms with Gasteiger partial charge in [0.2, 0.25) is 0 Å². The topological polar surface area (TPSA) is 74.8 Å². The van der Waals surface area contributed by atoms with Gasteiger partial charge >= 0.3 is 0 Å². The number of nitrogens with zero attached hydrogens (tertiary/aromatic N) is 2. The van der Waals surface area contributed by atoms with Crippen molar-refractivity contribution in [2.24, 2.45) is 0 Å². The van der Waals surface area contributed by atoms with Gasteiger partial charge in [-0.1, -0.05) is 55.2 Å². The molecule has 0 fully saturated rings. The molecular weight excluding hydrogens is 487 g/mol. The third-order valence-corrected chi connectivity index (χ3v) is 7.18. The van der Waals surface area contributed by atoms with E-state index in [1.807, 2.05) is 26.8 Å². The summed E-state index contributed by atoms with van der Waals surface area (Å²) in [5.41, 5.74) is 3.49. The van der Waals surface area contributed by atoms with Crippen molar-refractivity contribution in [1.29, 1.82) is 0 Å². The Labute approximate surface area is 212 Å². The van der Waals surface area contributed by atoms with Crippen molar-refractivity contribution in [2.75, 3.05) is 9.80 Å². The van der Waals surface area contributed by atoms with Gasteiger partial charge < -0.3 is 0 Å². The number of fused-ring (bicyclic) bond motifs is 2. The van der Waals surface area contributed by atoms with Crippen LogP contribution in [0.5, 0.6) is 0 Å². The number of imide groups is 2. The Morgan fingerprint density at radius 1 is 0.686 bits per heavy atom. The molecule has 0 saturated carbocycles. The highest BCUT2D eigenvalue weighted by molar-refractivity contribution is 6.43. The van der Waals surface area contributed by atoms with E-state index in [2.05, 4.69) is 0 Å². The zero-order valence-electron chi connectivity index (χ0n) is 19.2. The minimum atomic E-state index is -0.533. The summed E-state index contributed by atoms with van der Waals surface area (Å²) in [4.78, 5) is 56.0. The van der Waals surface area contributed by atoms with Crippen molar-refractivity contribution in [3.05, 3.63) is 91.5 Å². The maximum atomic E-state index is 13.5. The summed E-state index contributed by atoms with van der Waals surface area (Å²) in [6, 6.07) is 11.3. The van der Waals surface area contributed by atoms with Gasteiger partial charge in [-0.2, -0.15) is 0 Å². The van der Waals surface area contributed by atoms with Crippen molar-refractivity contribution in [2.45, 2.75) is 33.6 Å². The normalized spacial score (nSPS) is 14.8. The first-order valence-corrected chi connectivity index (χ1v) is 12.0. The number of carbonyl (C=O) groups excluding carboxylic acids is 4. The Bertz CT molecular complexity index is 1490. The van der Waals surface area contributed by atoms with Gasteiger partial charge in [0, 0.05) is 5.56 Å². The summed E-state index contributed by atoms with van der Waals surface area (Å²) in [6.45, 7) is 5.59. The lowest BCUT2D eigenvalue weighted by atomic mass is 9.95. The van der Waals surface area contributed by atoms with Crippen LogP contribution in [0.2, 0.25) is 10.0 Å². The van der Waals surface area contributed by atoms with Crippen LogP contribution in [-0.2, 0) is 12.8 Å². The molecule has 176 valence electrons. The summed E-state index contributed by atoms with van der Waals surface area (Å²) in [6.07, 6.45) is 0.889. The highest BCUT2D eigenvalue weighted by Crippen LogP contribution is 2.44. The number of anilines is 2. The van der Waals surface area contributed by atoms with Gasteiger partial charge in [-0.15, -0.1) is 0 Å². The maximum Gasteiger partial charge on any atom is 0.267 e. The minimum Gasteiger partial charge on any atom is -0.268 e. The van der Waals surface area contributed by atoms with Crippen molar-refractivity contribution in [1.82, 2.24) is 0 Å². The SMILES string of the molecule is CCc1cc(C)c(N2C(=O)c3cccc(Cl)c3C2=O)c(CC)c1N1C(=O)c2cccc(Cl)c2C1=O. The van der Waals surface area contributed by atoms with E-state index in [1.165, 1.54) is 0 Å². The lowest BCUT2D eigenvalue weighted by molar-refractivity contribution is 0.0912. The van der Waals surface area contributed by atoms with E-state index in [1.54, 1.807) is 36.4 Å². The molecule has 35 heavy (non-hydrogen) atoms. The van der Waals surface area contributed by atoms with E-state index < -0.39 is 23.6 Å². The molecule has 0 bridgehead atoms. The quantitative estimate of drug-likeness (QED) is 0.405. The molecule has 0 aromatic heterocycles. The van der Waals surface area contributed by atoms with Crippen LogP contribution in [0.3, 0.4) is 0 Å². The standard InChI is InChI=1S/C27H20Cl2N2O4/c1-4-14-12-13(3)22(30-24(32)16-8-6-10-18(28)20(16)26(30)34)15(5-2)23(14)31-25(33)17-9-7-11-19(29)21(17)27(31)35/h6-12H,4-5H2,1-3H3. The number of benzene rings is 3. The zero-order chi connectivity index (χ0) is 25.2. The van der Waals surface area contributed by atoms with Crippen LogP contribution in [-0.4, -0.2) is 23.6 Å². The van der Waals surface area contributed by atoms with Crippen LogP contribution in [0.25, 0.3) is 0 Å².